The number of anilines is 1. The van der Waals surface area contributed by atoms with Crippen LogP contribution in [0.5, 0.6) is 0 Å². The first-order valence-corrected chi connectivity index (χ1v) is 8.60. The average Bonchev–Trinajstić information content (AvgIpc) is 3.03. The lowest BCUT2D eigenvalue weighted by molar-refractivity contribution is -0.128. The number of morpholine rings is 1. The predicted octanol–water partition coefficient (Wildman–Crippen LogP) is 3.07. The molecule has 1 atom stereocenters. The number of nitrogens with one attached hydrogen (secondary N) is 2. The fraction of sp³-hybridized carbons (Fsp3) is 0.562. The number of thioether (sulfide) groups is 1. The van der Waals surface area contributed by atoms with Crippen LogP contribution in [0.4, 0.5) is 5.69 Å². The summed E-state index contributed by atoms with van der Waals surface area (Å²) in [6.07, 6.45) is 4.83. The molecule has 1 saturated heterocycles. The van der Waals surface area contributed by atoms with Crippen molar-refractivity contribution >= 4 is 35.8 Å². The van der Waals surface area contributed by atoms with Gasteiger partial charge >= 0.3 is 0 Å². The van der Waals surface area contributed by atoms with Crippen LogP contribution in [0.1, 0.15) is 25.7 Å². The minimum Gasteiger partial charge on any atom is -0.366 e. The van der Waals surface area contributed by atoms with Gasteiger partial charge in [-0.05, 0) is 25.0 Å². The van der Waals surface area contributed by atoms with Gasteiger partial charge in [-0.2, -0.15) is 0 Å². The van der Waals surface area contributed by atoms with E-state index in [0.29, 0.717) is 18.4 Å². The second-order valence-corrected chi connectivity index (χ2v) is 6.92. The van der Waals surface area contributed by atoms with Crippen LogP contribution in [-0.2, 0) is 9.53 Å². The first-order chi connectivity index (χ1) is 10.3. The van der Waals surface area contributed by atoms with Crippen LogP contribution >= 0.6 is 24.2 Å². The van der Waals surface area contributed by atoms with Gasteiger partial charge in [-0.15, -0.1) is 24.2 Å². The number of benzene rings is 1. The summed E-state index contributed by atoms with van der Waals surface area (Å²) < 4.78 is 5.50. The Morgan fingerprint density at radius 3 is 2.77 bits per heavy atom. The first-order valence-electron chi connectivity index (χ1n) is 7.72. The molecule has 0 aromatic heterocycles. The molecule has 0 spiro atoms. The second-order valence-electron chi connectivity index (χ2n) is 5.57. The molecule has 2 fully saturated rings. The highest BCUT2D eigenvalue weighted by atomic mass is 35.5. The molecule has 4 nitrogen and oxygen atoms in total. The molecule has 1 unspecified atom stereocenters. The Morgan fingerprint density at radius 2 is 2.05 bits per heavy atom. The zero-order valence-corrected chi connectivity index (χ0v) is 14.2. The summed E-state index contributed by atoms with van der Waals surface area (Å²) in [4.78, 5) is 13.4. The summed E-state index contributed by atoms with van der Waals surface area (Å²) in [5.41, 5.74) is 0.911. The van der Waals surface area contributed by atoms with Crippen LogP contribution < -0.4 is 10.6 Å². The molecule has 2 aliphatic rings. The summed E-state index contributed by atoms with van der Waals surface area (Å²) in [5.74, 6) is -0.0540. The molecule has 6 heteroatoms. The maximum absolute atomic E-state index is 12.3. The van der Waals surface area contributed by atoms with E-state index in [9.17, 15) is 4.79 Å². The van der Waals surface area contributed by atoms with E-state index in [1.165, 1.54) is 30.6 Å². The minimum atomic E-state index is -0.386. The van der Waals surface area contributed by atoms with Crippen molar-refractivity contribution in [3.63, 3.8) is 0 Å². The zero-order chi connectivity index (χ0) is 14.5. The Labute approximate surface area is 142 Å². The monoisotopic (exact) mass is 342 g/mol. The molecule has 2 N–H and O–H groups in total. The largest absolute Gasteiger partial charge is 0.366 e. The fourth-order valence-electron chi connectivity index (χ4n) is 2.81. The van der Waals surface area contributed by atoms with Crippen LogP contribution in [0.25, 0.3) is 0 Å². The molecular weight excluding hydrogens is 320 g/mol. The lowest BCUT2D eigenvalue weighted by Crippen LogP contribution is -2.45. The molecule has 1 aromatic carbocycles. The number of hydrogen-bond donors (Lipinski definition) is 2. The standard InChI is InChI=1S/C16H22N2O2S.ClH/c19-16(14-11-17-9-10-20-14)18-13-7-3-4-8-15(13)21-12-5-1-2-6-12;/h3-4,7-8,12,14,17H,1-2,5-6,9-11H2,(H,18,19);1H. The number of amides is 1. The third-order valence-electron chi connectivity index (χ3n) is 3.96. The van der Waals surface area contributed by atoms with E-state index in [4.69, 9.17) is 4.74 Å². The topological polar surface area (TPSA) is 50.4 Å². The molecule has 1 aromatic rings. The van der Waals surface area contributed by atoms with Gasteiger partial charge in [-0.25, -0.2) is 0 Å². The predicted molar refractivity (Wildman–Crippen MR) is 93.0 cm³/mol. The van der Waals surface area contributed by atoms with Crippen LogP contribution in [-0.4, -0.2) is 37.0 Å². The Kier molecular flexibility index (Phi) is 7.02. The van der Waals surface area contributed by atoms with Crippen molar-refractivity contribution in [2.75, 3.05) is 25.0 Å². The maximum atomic E-state index is 12.3. The third kappa shape index (κ3) is 4.62. The van der Waals surface area contributed by atoms with Gasteiger partial charge in [-0.3, -0.25) is 4.79 Å². The van der Waals surface area contributed by atoms with Gasteiger partial charge in [0.05, 0.1) is 12.3 Å². The van der Waals surface area contributed by atoms with Gasteiger partial charge < -0.3 is 15.4 Å². The van der Waals surface area contributed by atoms with Crippen LogP contribution in [0.15, 0.2) is 29.2 Å². The van der Waals surface area contributed by atoms with Crippen molar-refractivity contribution in [3.05, 3.63) is 24.3 Å². The normalized spacial score (nSPS) is 22.1. The average molecular weight is 343 g/mol. The molecule has 122 valence electrons. The summed E-state index contributed by atoms with van der Waals surface area (Å²) in [6, 6.07) is 8.07. The number of halogens is 1. The second kappa shape index (κ2) is 8.77. The molecule has 0 radical (unpaired) electrons. The van der Waals surface area contributed by atoms with Gasteiger partial charge in [0.1, 0.15) is 6.10 Å². The highest BCUT2D eigenvalue weighted by Gasteiger charge is 2.23. The van der Waals surface area contributed by atoms with Gasteiger partial charge in [0, 0.05) is 23.2 Å². The van der Waals surface area contributed by atoms with Crippen molar-refractivity contribution in [2.24, 2.45) is 0 Å². The number of carbonyl (C=O) groups is 1. The van der Waals surface area contributed by atoms with E-state index in [1.807, 2.05) is 30.0 Å². The maximum Gasteiger partial charge on any atom is 0.254 e. The van der Waals surface area contributed by atoms with E-state index in [2.05, 4.69) is 16.7 Å². The van der Waals surface area contributed by atoms with E-state index >= 15 is 0 Å². The van der Waals surface area contributed by atoms with Crippen molar-refractivity contribution in [1.29, 1.82) is 0 Å². The summed E-state index contributed by atoms with van der Waals surface area (Å²) in [7, 11) is 0. The Balaban J connectivity index is 0.00000176. The van der Waals surface area contributed by atoms with Crippen molar-refractivity contribution < 1.29 is 9.53 Å². The number of carbonyl (C=O) groups excluding carboxylic acids is 1. The van der Waals surface area contributed by atoms with E-state index in [-0.39, 0.29) is 24.4 Å². The van der Waals surface area contributed by atoms with Crippen LogP contribution in [0.3, 0.4) is 0 Å². The van der Waals surface area contributed by atoms with E-state index < -0.39 is 0 Å². The van der Waals surface area contributed by atoms with Crippen molar-refractivity contribution in [3.8, 4) is 0 Å². The smallest absolute Gasteiger partial charge is 0.254 e. The summed E-state index contributed by atoms with van der Waals surface area (Å²) in [6.45, 7) is 2.00. The molecule has 3 rings (SSSR count). The molecule has 0 bridgehead atoms. The van der Waals surface area contributed by atoms with Crippen LogP contribution in [0, 0.1) is 0 Å². The quantitative estimate of drug-likeness (QED) is 0.883. The SMILES string of the molecule is Cl.O=C(Nc1ccccc1SC1CCCC1)C1CNCCO1. The third-order valence-corrected chi connectivity index (χ3v) is 5.38. The van der Waals surface area contributed by atoms with Crippen LogP contribution in [0.2, 0.25) is 0 Å². The Morgan fingerprint density at radius 1 is 1.27 bits per heavy atom. The van der Waals surface area contributed by atoms with Gasteiger partial charge in [-0.1, -0.05) is 25.0 Å². The molecular formula is C16H23ClN2O2S. The van der Waals surface area contributed by atoms with Gasteiger partial charge in [0.25, 0.3) is 5.91 Å². The number of para-hydroxylation sites is 1. The highest BCUT2D eigenvalue weighted by molar-refractivity contribution is 8.00. The van der Waals surface area contributed by atoms with Crippen molar-refractivity contribution in [2.45, 2.75) is 41.9 Å². The number of rotatable bonds is 4. The number of hydrogen-bond acceptors (Lipinski definition) is 4. The molecule has 1 aliphatic heterocycles. The lowest BCUT2D eigenvalue weighted by atomic mass is 10.2. The minimum absolute atomic E-state index is 0. The molecule has 22 heavy (non-hydrogen) atoms. The lowest BCUT2D eigenvalue weighted by Gasteiger charge is -2.23. The highest BCUT2D eigenvalue weighted by Crippen LogP contribution is 2.38. The Bertz CT molecular complexity index is 489. The number of ether oxygens (including phenoxy) is 1. The van der Waals surface area contributed by atoms with E-state index in [1.54, 1.807) is 0 Å². The fourth-order valence-corrected chi connectivity index (χ4v) is 4.14. The molecule has 1 aliphatic carbocycles. The van der Waals surface area contributed by atoms with Crippen molar-refractivity contribution in [1.82, 2.24) is 5.32 Å². The molecule has 1 amide bonds. The molecule has 1 saturated carbocycles. The zero-order valence-electron chi connectivity index (χ0n) is 12.5. The summed E-state index contributed by atoms with van der Waals surface area (Å²) in [5, 5.41) is 6.90. The summed E-state index contributed by atoms with van der Waals surface area (Å²) >= 11 is 1.90. The van der Waals surface area contributed by atoms with Gasteiger partial charge in [0.15, 0.2) is 0 Å². The molecule has 1 heterocycles. The van der Waals surface area contributed by atoms with Gasteiger partial charge in [0.2, 0.25) is 0 Å². The van der Waals surface area contributed by atoms with E-state index in [0.717, 1.165) is 12.2 Å². The Hall–Kier alpha value is -0.750. The first kappa shape index (κ1) is 17.6.